The van der Waals surface area contributed by atoms with Crippen LogP contribution in [-0.4, -0.2) is 22.1 Å². The largest absolute Gasteiger partial charge is 0.347 e. The van der Waals surface area contributed by atoms with Gasteiger partial charge in [-0.05, 0) is 45.2 Å². The zero-order chi connectivity index (χ0) is 13.3. The number of nitrogens with one attached hydrogen (secondary N) is 1. The van der Waals surface area contributed by atoms with Crippen LogP contribution in [0.15, 0.2) is 35.5 Å². The van der Waals surface area contributed by atoms with E-state index in [-0.39, 0.29) is 11.4 Å². The average molecular weight is 262 g/mol. The maximum absolute atomic E-state index is 12.3. The van der Waals surface area contributed by atoms with Crippen LogP contribution < -0.4 is 5.32 Å². The maximum Gasteiger partial charge on any atom is 0.253 e. The first-order valence-corrected chi connectivity index (χ1v) is 7.11. The second-order valence-electron chi connectivity index (χ2n) is 5.26. The Kier molecular flexibility index (Phi) is 3.39. The molecule has 0 bridgehead atoms. The molecule has 0 spiro atoms. The maximum atomic E-state index is 12.3. The number of rotatable bonds is 2. The molecule has 2 aromatic heterocycles. The number of carbonyl (C=O) groups excluding carboxylic acids is 1. The molecule has 1 N–H and O–H groups in total. The SMILES string of the molecule is CSc1cc(C(=O)NC(C)(C)C)c2ccccn12. The molecule has 2 heterocycles. The van der Waals surface area contributed by atoms with Crippen LogP contribution in [0.4, 0.5) is 0 Å². The lowest BCUT2D eigenvalue weighted by Crippen LogP contribution is -2.40. The molecule has 0 aliphatic heterocycles. The van der Waals surface area contributed by atoms with E-state index in [1.54, 1.807) is 11.8 Å². The van der Waals surface area contributed by atoms with Gasteiger partial charge < -0.3 is 9.72 Å². The van der Waals surface area contributed by atoms with Crippen LogP contribution >= 0.6 is 11.8 Å². The van der Waals surface area contributed by atoms with E-state index >= 15 is 0 Å². The molecule has 0 fully saturated rings. The molecule has 0 unspecified atom stereocenters. The van der Waals surface area contributed by atoms with E-state index in [2.05, 4.69) is 5.32 Å². The molecule has 0 saturated carbocycles. The van der Waals surface area contributed by atoms with Gasteiger partial charge in [0.25, 0.3) is 5.91 Å². The summed E-state index contributed by atoms with van der Waals surface area (Å²) in [5.41, 5.74) is 1.46. The van der Waals surface area contributed by atoms with Gasteiger partial charge in [0.15, 0.2) is 0 Å². The topological polar surface area (TPSA) is 33.5 Å². The highest BCUT2D eigenvalue weighted by Crippen LogP contribution is 2.24. The van der Waals surface area contributed by atoms with Crippen LogP contribution in [0.2, 0.25) is 0 Å². The molecule has 2 rings (SSSR count). The fraction of sp³-hybridized carbons (Fsp3) is 0.357. The highest BCUT2D eigenvalue weighted by Gasteiger charge is 2.19. The Balaban J connectivity index is 2.48. The third-order valence-electron chi connectivity index (χ3n) is 2.58. The molecule has 0 aromatic carbocycles. The summed E-state index contributed by atoms with van der Waals surface area (Å²) in [6.07, 6.45) is 4.00. The molecule has 3 nitrogen and oxygen atoms in total. The van der Waals surface area contributed by atoms with Crippen molar-refractivity contribution in [1.82, 2.24) is 9.72 Å². The first-order chi connectivity index (χ1) is 8.42. The van der Waals surface area contributed by atoms with Gasteiger partial charge in [0, 0.05) is 11.7 Å². The van der Waals surface area contributed by atoms with Crippen LogP contribution in [0.25, 0.3) is 5.52 Å². The predicted octanol–water partition coefficient (Wildman–Crippen LogP) is 3.19. The standard InChI is InChI=1S/C14H18N2OS/c1-14(2,3)15-13(17)10-9-12(18-4)16-8-6-5-7-11(10)16/h5-9H,1-4H3,(H,15,17). The lowest BCUT2D eigenvalue weighted by molar-refractivity contribution is 0.0921. The fourth-order valence-corrected chi connectivity index (χ4v) is 2.46. The minimum Gasteiger partial charge on any atom is -0.347 e. The number of amides is 1. The lowest BCUT2D eigenvalue weighted by Gasteiger charge is -2.20. The van der Waals surface area contributed by atoms with Crippen LogP contribution in [-0.2, 0) is 0 Å². The molecular formula is C14H18N2OS. The molecule has 0 radical (unpaired) electrons. The minimum absolute atomic E-state index is 0.0218. The number of pyridine rings is 1. The summed E-state index contributed by atoms with van der Waals surface area (Å²) in [5.74, 6) is -0.0218. The van der Waals surface area contributed by atoms with Gasteiger partial charge in [-0.3, -0.25) is 4.79 Å². The third-order valence-corrected chi connectivity index (χ3v) is 3.32. The quantitative estimate of drug-likeness (QED) is 0.843. The van der Waals surface area contributed by atoms with Crippen molar-refractivity contribution in [1.29, 1.82) is 0 Å². The summed E-state index contributed by atoms with van der Waals surface area (Å²) >= 11 is 1.64. The number of carbonyl (C=O) groups is 1. The van der Waals surface area contributed by atoms with Crippen molar-refractivity contribution in [3.8, 4) is 0 Å². The summed E-state index contributed by atoms with van der Waals surface area (Å²) in [7, 11) is 0. The number of nitrogens with zero attached hydrogens (tertiary/aromatic N) is 1. The summed E-state index contributed by atoms with van der Waals surface area (Å²) in [6.45, 7) is 5.95. The van der Waals surface area contributed by atoms with E-state index in [0.717, 1.165) is 16.1 Å². The normalized spacial score (nSPS) is 11.8. The van der Waals surface area contributed by atoms with E-state index in [1.807, 2.05) is 61.9 Å². The highest BCUT2D eigenvalue weighted by molar-refractivity contribution is 7.98. The predicted molar refractivity (Wildman–Crippen MR) is 76.4 cm³/mol. The van der Waals surface area contributed by atoms with E-state index in [0.29, 0.717) is 0 Å². The molecule has 4 heteroatoms. The van der Waals surface area contributed by atoms with Crippen molar-refractivity contribution in [2.45, 2.75) is 31.3 Å². The Bertz CT molecular complexity index is 581. The molecule has 1 amide bonds. The summed E-state index contributed by atoms with van der Waals surface area (Å²) in [4.78, 5) is 12.3. The third kappa shape index (κ3) is 2.53. The number of aromatic nitrogens is 1. The van der Waals surface area contributed by atoms with Gasteiger partial charge in [-0.1, -0.05) is 6.07 Å². The number of thioether (sulfide) groups is 1. The number of fused-ring (bicyclic) bond motifs is 1. The molecule has 0 saturated heterocycles. The first kappa shape index (κ1) is 13.0. The Morgan fingerprint density at radius 2 is 2.06 bits per heavy atom. The number of hydrogen-bond acceptors (Lipinski definition) is 2. The van der Waals surface area contributed by atoms with Crippen LogP contribution in [0.3, 0.4) is 0 Å². The van der Waals surface area contributed by atoms with E-state index in [4.69, 9.17) is 0 Å². The molecule has 18 heavy (non-hydrogen) atoms. The Morgan fingerprint density at radius 3 is 2.67 bits per heavy atom. The van der Waals surface area contributed by atoms with Gasteiger partial charge in [-0.15, -0.1) is 11.8 Å². The number of hydrogen-bond donors (Lipinski definition) is 1. The summed E-state index contributed by atoms with van der Waals surface area (Å²) in [5, 5.41) is 4.08. The zero-order valence-corrected chi connectivity index (χ0v) is 12.0. The summed E-state index contributed by atoms with van der Waals surface area (Å²) < 4.78 is 2.04. The molecule has 96 valence electrons. The Hall–Kier alpha value is -1.42. The second-order valence-corrected chi connectivity index (χ2v) is 6.09. The van der Waals surface area contributed by atoms with Gasteiger partial charge >= 0.3 is 0 Å². The van der Waals surface area contributed by atoms with Crippen LogP contribution in [0.1, 0.15) is 31.1 Å². The Morgan fingerprint density at radius 1 is 1.33 bits per heavy atom. The van der Waals surface area contributed by atoms with Crippen molar-refractivity contribution in [2.24, 2.45) is 0 Å². The fourth-order valence-electron chi connectivity index (χ4n) is 1.87. The smallest absolute Gasteiger partial charge is 0.253 e. The van der Waals surface area contributed by atoms with Gasteiger partial charge in [0.2, 0.25) is 0 Å². The van der Waals surface area contributed by atoms with E-state index in [9.17, 15) is 4.79 Å². The van der Waals surface area contributed by atoms with Gasteiger partial charge in [-0.2, -0.15) is 0 Å². The zero-order valence-electron chi connectivity index (χ0n) is 11.2. The van der Waals surface area contributed by atoms with Gasteiger partial charge in [0.1, 0.15) is 0 Å². The van der Waals surface area contributed by atoms with Crippen molar-refractivity contribution < 1.29 is 4.79 Å². The highest BCUT2D eigenvalue weighted by atomic mass is 32.2. The van der Waals surface area contributed by atoms with Crippen molar-refractivity contribution >= 4 is 23.2 Å². The van der Waals surface area contributed by atoms with Gasteiger partial charge in [-0.25, -0.2) is 0 Å². The van der Waals surface area contributed by atoms with E-state index in [1.165, 1.54) is 0 Å². The minimum atomic E-state index is -0.223. The van der Waals surface area contributed by atoms with Crippen molar-refractivity contribution in [3.63, 3.8) is 0 Å². The molecular weight excluding hydrogens is 244 g/mol. The molecule has 0 aliphatic rings. The monoisotopic (exact) mass is 262 g/mol. The Labute approximate surface area is 112 Å². The molecule has 0 atom stereocenters. The van der Waals surface area contributed by atoms with Crippen molar-refractivity contribution in [3.05, 3.63) is 36.0 Å². The van der Waals surface area contributed by atoms with Gasteiger partial charge in [0.05, 0.1) is 16.1 Å². The summed E-state index contributed by atoms with van der Waals surface area (Å²) in [6, 6.07) is 7.84. The van der Waals surface area contributed by atoms with Crippen LogP contribution in [0, 0.1) is 0 Å². The lowest BCUT2D eigenvalue weighted by atomic mass is 10.1. The molecule has 0 aliphatic carbocycles. The second kappa shape index (κ2) is 4.69. The average Bonchev–Trinajstić information content (AvgIpc) is 2.65. The van der Waals surface area contributed by atoms with Crippen LogP contribution in [0.5, 0.6) is 0 Å². The molecule has 2 aromatic rings. The first-order valence-electron chi connectivity index (χ1n) is 5.89. The van der Waals surface area contributed by atoms with E-state index < -0.39 is 0 Å². The van der Waals surface area contributed by atoms with Crippen molar-refractivity contribution in [2.75, 3.05) is 6.26 Å².